The van der Waals surface area contributed by atoms with Gasteiger partial charge in [0.05, 0.1) is 0 Å². The Morgan fingerprint density at radius 2 is 1.72 bits per heavy atom. The number of benzene rings is 1. The van der Waals surface area contributed by atoms with E-state index in [0.29, 0.717) is 6.54 Å². The number of amides is 2. The Morgan fingerprint density at radius 1 is 1.11 bits per heavy atom. The van der Waals surface area contributed by atoms with Crippen molar-refractivity contribution in [3.63, 3.8) is 0 Å². The molecule has 1 aliphatic heterocycles. The first-order valence-electron chi connectivity index (χ1n) is 6.64. The molecule has 1 aromatic carbocycles. The molecule has 0 unspecified atom stereocenters. The molecule has 18 heavy (non-hydrogen) atoms. The molecule has 0 spiro atoms. The Bertz CT molecular complexity index is 381. The van der Waals surface area contributed by atoms with Gasteiger partial charge in [-0.1, -0.05) is 25.0 Å². The lowest BCUT2D eigenvalue weighted by molar-refractivity contribution is 0.214. The van der Waals surface area contributed by atoms with Crippen molar-refractivity contribution in [3.05, 3.63) is 29.8 Å². The number of carbonyl (C=O) groups is 1. The number of rotatable bonds is 2. The largest absolute Gasteiger partial charge is 0.326 e. The number of likely N-dealkylation sites (tertiary alicyclic amines) is 1. The highest BCUT2D eigenvalue weighted by Gasteiger charge is 2.15. The van der Waals surface area contributed by atoms with Crippen molar-refractivity contribution in [2.24, 2.45) is 5.73 Å². The predicted molar refractivity (Wildman–Crippen MR) is 73.4 cm³/mol. The third-order valence-corrected chi connectivity index (χ3v) is 3.33. The average Bonchev–Trinajstić information content (AvgIpc) is 2.68. The molecule has 1 saturated heterocycles. The quantitative estimate of drug-likeness (QED) is 0.843. The van der Waals surface area contributed by atoms with Crippen LogP contribution in [0.15, 0.2) is 24.3 Å². The molecule has 1 aromatic rings. The molecule has 1 aliphatic rings. The Hall–Kier alpha value is -1.55. The van der Waals surface area contributed by atoms with Crippen molar-refractivity contribution in [1.29, 1.82) is 0 Å². The number of anilines is 1. The van der Waals surface area contributed by atoms with E-state index in [-0.39, 0.29) is 6.03 Å². The summed E-state index contributed by atoms with van der Waals surface area (Å²) >= 11 is 0. The van der Waals surface area contributed by atoms with E-state index in [1.165, 1.54) is 12.8 Å². The van der Waals surface area contributed by atoms with Crippen molar-refractivity contribution in [2.45, 2.75) is 32.2 Å². The van der Waals surface area contributed by atoms with Crippen LogP contribution in [-0.4, -0.2) is 24.0 Å². The minimum absolute atomic E-state index is 0.0115. The summed E-state index contributed by atoms with van der Waals surface area (Å²) in [6, 6.07) is 7.70. The molecule has 0 saturated carbocycles. The molecule has 0 radical (unpaired) electrons. The number of carbonyl (C=O) groups excluding carboxylic acids is 1. The number of hydrogen-bond acceptors (Lipinski definition) is 2. The molecule has 4 nitrogen and oxygen atoms in total. The van der Waals surface area contributed by atoms with E-state index in [1.54, 1.807) is 0 Å². The molecule has 2 rings (SSSR count). The monoisotopic (exact) mass is 247 g/mol. The molecule has 3 N–H and O–H groups in total. The summed E-state index contributed by atoms with van der Waals surface area (Å²) in [5, 5.41) is 2.94. The lowest BCUT2D eigenvalue weighted by atomic mass is 10.2. The van der Waals surface area contributed by atoms with Gasteiger partial charge in [-0.2, -0.15) is 0 Å². The van der Waals surface area contributed by atoms with E-state index < -0.39 is 0 Å². The fraction of sp³-hybridized carbons (Fsp3) is 0.500. The molecule has 2 amide bonds. The van der Waals surface area contributed by atoms with Crippen LogP contribution in [0, 0.1) is 0 Å². The van der Waals surface area contributed by atoms with Crippen molar-refractivity contribution < 1.29 is 4.79 Å². The molecule has 0 aliphatic carbocycles. The van der Waals surface area contributed by atoms with Crippen LogP contribution in [0.4, 0.5) is 10.5 Å². The Labute approximate surface area is 108 Å². The number of hydrogen-bond donors (Lipinski definition) is 2. The van der Waals surface area contributed by atoms with Gasteiger partial charge in [-0.15, -0.1) is 0 Å². The standard InChI is InChI=1S/C14H21N3O/c15-11-12-5-7-13(8-6-12)16-14(18)17-9-3-1-2-4-10-17/h5-8H,1-4,9-11,15H2,(H,16,18). The predicted octanol–water partition coefficient (Wildman–Crippen LogP) is 2.55. The van der Waals surface area contributed by atoms with Crippen LogP contribution in [0.5, 0.6) is 0 Å². The van der Waals surface area contributed by atoms with Crippen LogP contribution in [-0.2, 0) is 6.54 Å². The van der Waals surface area contributed by atoms with E-state index in [0.717, 1.165) is 37.2 Å². The molecule has 0 aromatic heterocycles. The molecule has 1 fully saturated rings. The van der Waals surface area contributed by atoms with Gasteiger partial charge in [-0.25, -0.2) is 4.79 Å². The fourth-order valence-corrected chi connectivity index (χ4v) is 2.20. The van der Waals surface area contributed by atoms with Gasteiger partial charge in [0.25, 0.3) is 0 Å². The Morgan fingerprint density at radius 3 is 2.28 bits per heavy atom. The number of urea groups is 1. The first-order chi connectivity index (χ1) is 8.79. The number of nitrogens with one attached hydrogen (secondary N) is 1. The molecular formula is C14H21N3O. The van der Waals surface area contributed by atoms with Gasteiger partial charge >= 0.3 is 6.03 Å². The molecule has 0 atom stereocenters. The van der Waals surface area contributed by atoms with Gasteiger partial charge in [-0.05, 0) is 30.5 Å². The molecular weight excluding hydrogens is 226 g/mol. The lowest BCUT2D eigenvalue weighted by Crippen LogP contribution is -2.35. The third kappa shape index (κ3) is 3.47. The highest BCUT2D eigenvalue weighted by Crippen LogP contribution is 2.13. The second-order valence-corrected chi connectivity index (χ2v) is 4.73. The van der Waals surface area contributed by atoms with E-state index in [2.05, 4.69) is 5.32 Å². The summed E-state index contributed by atoms with van der Waals surface area (Å²) in [7, 11) is 0. The number of nitrogens with two attached hydrogens (primary N) is 1. The first-order valence-corrected chi connectivity index (χ1v) is 6.64. The lowest BCUT2D eigenvalue weighted by Gasteiger charge is -2.20. The fourth-order valence-electron chi connectivity index (χ4n) is 2.20. The SMILES string of the molecule is NCc1ccc(NC(=O)N2CCCCCC2)cc1. The van der Waals surface area contributed by atoms with Crippen LogP contribution < -0.4 is 11.1 Å². The zero-order valence-electron chi connectivity index (χ0n) is 10.7. The summed E-state index contributed by atoms with van der Waals surface area (Å²) < 4.78 is 0. The average molecular weight is 247 g/mol. The van der Waals surface area contributed by atoms with E-state index >= 15 is 0 Å². The van der Waals surface area contributed by atoms with Crippen LogP contribution in [0.2, 0.25) is 0 Å². The van der Waals surface area contributed by atoms with Gasteiger partial charge in [-0.3, -0.25) is 0 Å². The molecule has 98 valence electrons. The van der Waals surface area contributed by atoms with Crippen LogP contribution in [0.3, 0.4) is 0 Å². The summed E-state index contributed by atoms with van der Waals surface area (Å²) in [5.41, 5.74) is 7.45. The Kier molecular flexibility index (Phi) is 4.59. The number of nitrogens with zero attached hydrogens (tertiary/aromatic N) is 1. The van der Waals surface area contributed by atoms with E-state index in [1.807, 2.05) is 29.2 Å². The van der Waals surface area contributed by atoms with Gasteiger partial charge in [0.15, 0.2) is 0 Å². The third-order valence-electron chi connectivity index (χ3n) is 3.33. The molecule has 4 heteroatoms. The first kappa shape index (κ1) is 12.9. The summed E-state index contributed by atoms with van der Waals surface area (Å²) in [4.78, 5) is 14.0. The van der Waals surface area contributed by atoms with Gasteiger partial charge in [0.1, 0.15) is 0 Å². The second-order valence-electron chi connectivity index (χ2n) is 4.73. The Balaban J connectivity index is 1.92. The van der Waals surface area contributed by atoms with E-state index in [9.17, 15) is 4.79 Å². The van der Waals surface area contributed by atoms with Crippen molar-refractivity contribution in [1.82, 2.24) is 4.90 Å². The van der Waals surface area contributed by atoms with Crippen LogP contribution in [0.1, 0.15) is 31.2 Å². The van der Waals surface area contributed by atoms with Gasteiger partial charge < -0.3 is 16.0 Å². The normalized spacial score (nSPS) is 16.2. The maximum Gasteiger partial charge on any atom is 0.321 e. The minimum Gasteiger partial charge on any atom is -0.326 e. The minimum atomic E-state index is 0.0115. The van der Waals surface area contributed by atoms with Gasteiger partial charge in [0, 0.05) is 25.3 Å². The van der Waals surface area contributed by atoms with Crippen molar-refractivity contribution >= 4 is 11.7 Å². The van der Waals surface area contributed by atoms with Crippen molar-refractivity contribution in [3.8, 4) is 0 Å². The summed E-state index contributed by atoms with van der Waals surface area (Å²) in [6.07, 6.45) is 4.68. The highest BCUT2D eigenvalue weighted by atomic mass is 16.2. The van der Waals surface area contributed by atoms with Crippen LogP contribution in [0.25, 0.3) is 0 Å². The second kappa shape index (κ2) is 6.40. The maximum atomic E-state index is 12.1. The van der Waals surface area contributed by atoms with Crippen LogP contribution >= 0.6 is 0 Å². The molecule has 1 heterocycles. The maximum absolute atomic E-state index is 12.1. The zero-order chi connectivity index (χ0) is 12.8. The highest BCUT2D eigenvalue weighted by molar-refractivity contribution is 5.89. The summed E-state index contributed by atoms with van der Waals surface area (Å²) in [5.74, 6) is 0. The van der Waals surface area contributed by atoms with Gasteiger partial charge in [0.2, 0.25) is 0 Å². The zero-order valence-corrected chi connectivity index (χ0v) is 10.7. The van der Waals surface area contributed by atoms with Crippen molar-refractivity contribution in [2.75, 3.05) is 18.4 Å². The molecule has 0 bridgehead atoms. The van der Waals surface area contributed by atoms with E-state index in [4.69, 9.17) is 5.73 Å². The topological polar surface area (TPSA) is 58.4 Å². The summed E-state index contributed by atoms with van der Waals surface area (Å²) in [6.45, 7) is 2.26. The smallest absolute Gasteiger partial charge is 0.321 e.